The van der Waals surface area contributed by atoms with Crippen LogP contribution in [0.3, 0.4) is 0 Å². The highest BCUT2D eigenvalue weighted by Crippen LogP contribution is 2.15. The summed E-state index contributed by atoms with van der Waals surface area (Å²) in [7, 11) is 0. The van der Waals surface area contributed by atoms with Crippen LogP contribution in [0.15, 0.2) is 47.7 Å². The van der Waals surface area contributed by atoms with Crippen molar-refractivity contribution in [3.05, 3.63) is 54.0 Å². The molecule has 0 spiro atoms. The van der Waals surface area contributed by atoms with Crippen LogP contribution < -0.4 is 15.4 Å². The third kappa shape index (κ3) is 6.69. The molecule has 0 amide bonds. The second-order valence-corrected chi connectivity index (χ2v) is 4.77. The van der Waals surface area contributed by atoms with Crippen LogP contribution in [0, 0.1) is 0 Å². The van der Waals surface area contributed by atoms with Crippen molar-refractivity contribution in [3.8, 4) is 5.88 Å². The van der Waals surface area contributed by atoms with Crippen molar-refractivity contribution in [1.82, 2.24) is 20.6 Å². The molecule has 2 heterocycles. The molecule has 24 heavy (non-hydrogen) atoms. The van der Waals surface area contributed by atoms with Gasteiger partial charge in [0.2, 0.25) is 5.88 Å². The number of aliphatic imine (C=N–C) groups is 1. The summed E-state index contributed by atoms with van der Waals surface area (Å²) in [4.78, 5) is 13.1. The van der Waals surface area contributed by atoms with E-state index in [9.17, 15) is 0 Å². The summed E-state index contributed by atoms with van der Waals surface area (Å²) < 4.78 is 5.53. The van der Waals surface area contributed by atoms with Crippen LogP contribution in [-0.2, 0) is 13.1 Å². The van der Waals surface area contributed by atoms with Crippen molar-refractivity contribution in [2.45, 2.75) is 26.9 Å². The lowest BCUT2D eigenvalue weighted by Crippen LogP contribution is -2.37. The molecule has 0 aliphatic carbocycles. The molecule has 0 atom stereocenters. The van der Waals surface area contributed by atoms with Gasteiger partial charge in [0, 0.05) is 24.5 Å². The number of rotatable bonds is 7. The summed E-state index contributed by atoms with van der Waals surface area (Å²) in [5.41, 5.74) is 1.93. The molecule has 0 aliphatic heterocycles. The molecule has 0 bridgehead atoms. The van der Waals surface area contributed by atoms with E-state index in [0.717, 1.165) is 23.8 Å². The minimum Gasteiger partial charge on any atom is -0.478 e. The first kappa shape index (κ1) is 20.1. The fourth-order valence-corrected chi connectivity index (χ4v) is 1.99. The maximum atomic E-state index is 5.53. The molecular weight excluding hydrogens is 417 g/mol. The van der Waals surface area contributed by atoms with Crippen molar-refractivity contribution in [2.24, 2.45) is 4.99 Å². The molecule has 0 fully saturated rings. The average molecular weight is 441 g/mol. The van der Waals surface area contributed by atoms with Crippen LogP contribution in [-0.4, -0.2) is 29.1 Å². The predicted octanol–water partition coefficient (Wildman–Crippen LogP) is 2.75. The van der Waals surface area contributed by atoms with Crippen LogP contribution in [0.4, 0.5) is 0 Å². The highest BCUT2D eigenvalue weighted by Gasteiger charge is 2.04. The Labute approximate surface area is 160 Å². The number of hydrogen-bond acceptors (Lipinski definition) is 4. The topological polar surface area (TPSA) is 71.4 Å². The highest BCUT2D eigenvalue weighted by atomic mass is 127. The number of hydrogen-bond donors (Lipinski definition) is 2. The molecule has 0 saturated heterocycles. The summed E-state index contributed by atoms with van der Waals surface area (Å²) in [6, 6.07) is 9.72. The van der Waals surface area contributed by atoms with E-state index in [1.165, 1.54) is 0 Å². The van der Waals surface area contributed by atoms with Crippen molar-refractivity contribution >= 4 is 29.9 Å². The molecule has 7 heteroatoms. The zero-order valence-electron chi connectivity index (χ0n) is 14.0. The number of nitrogens with one attached hydrogen (secondary N) is 2. The van der Waals surface area contributed by atoms with Gasteiger partial charge in [-0.3, -0.25) is 4.98 Å². The number of nitrogens with zero attached hydrogens (tertiary/aromatic N) is 3. The zero-order valence-corrected chi connectivity index (χ0v) is 16.4. The standard InChI is InChI=1S/C17H23N5O.HI/c1-3-18-17(22-13-15-9-5-6-10-19-15)21-12-14-8-7-11-20-16(14)23-4-2;/h5-11H,3-4,12-13H2,1-2H3,(H2,18,21,22);1H. The highest BCUT2D eigenvalue weighted by molar-refractivity contribution is 14.0. The lowest BCUT2D eigenvalue weighted by molar-refractivity contribution is 0.323. The van der Waals surface area contributed by atoms with Crippen LogP contribution in [0.25, 0.3) is 0 Å². The van der Waals surface area contributed by atoms with Gasteiger partial charge in [0.05, 0.1) is 25.4 Å². The molecule has 130 valence electrons. The first-order valence-electron chi connectivity index (χ1n) is 7.82. The van der Waals surface area contributed by atoms with Gasteiger partial charge in [-0.1, -0.05) is 12.1 Å². The lowest BCUT2D eigenvalue weighted by Gasteiger charge is -2.12. The molecule has 2 aromatic rings. The van der Waals surface area contributed by atoms with Gasteiger partial charge in [0.25, 0.3) is 0 Å². The summed E-state index contributed by atoms with van der Waals surface area (Å²) in [5.74, 6) is 1.38. The zero-order chi connectivity index (χ0) is 16.3. The summed E-state index contributed by atoms with van der Waals surface area (Å²) in [6.45, 7) is 6.48. The Morgan fingerprint density at radius 3 is 2.62 bits per heavy atom. The smallest absolute Gasteiger partial charge is 0.218 e. The van der Waals surface area contributed by atoms with Gasteiger partial charge in [-0.25, -0.2) is 9.98 Å². The first-order valence-corrected chi connectivity index (χ1v) is 7.82. The second-order valence-electron chi connectivity index (χ2n) is 4.77. The van der Waals surface area contributed by atoms with Crippen LogP contribution in [0.2, 0.25) is 0 Å². The fraction of sp³-hybridized carbons (Fsp3) is 0.353. The van der Waals surface area contributed by atoms with Gasteiger partial charge in [0.1, 0.15) is 0 Å². The number of aromatic nitrogens is 2. The Hall–Kier alpha value is -1.90. The van der Waals surface area contributed by atoms with Crippen molar-refractivity contribution < 1.29 is 4.74 Å². The van der Waals surface area contributed by atoms with E-state index >= 15 is 0 Å². The summed E-state index contributed by atoms with van der Waals surface area (Å²) in [5, 5.41) is 6.50. The van der Waals surface area contributed by atoms with E-state index in [1.54, 1.807) is 12.4 Å². The van der Waals surface area contributed by atoms with Crippen molar-refractivity contribution in [1.29, 1.82) is 0 Å². The minimum absolute atomic E-state index is 0. The maximum Gasteiger partial charge on any atom is 0.218 e. The Balaban J connectivity index is 0.00000288. The van der Waals surface area contributed by atoms with Gasteiger partial charge in [-0.2, -0.15) is 0 Å². The maximum absolute atomic E-state index is 5.53. The van der Waals surface area contributed by atoms with Gasteiger partial charge < -0.3 is 15.4 Å². The lowest BCUT2D eigenvalue weighted by atomic mass is 10.3. The predicted molar refractivity (Wildman–Crippen MR) is 107 cm³/mol. The van der Waals surface area contributed by atoms with E-state index in [1.807, 2.05) is 44.2 Å². The largest absolute Gasteiger partial charge is 0.478 e. The van der Waals surface area contributed by atoms with Gasteiger partial charge >= 0.3 is 0 Å². The molecule has 2 rings (SSSR count). The number of guanidine groups is 1. The normalized spacial score (nSPS) is 10.7. The Morgan fingerprint density at radius 2 is 1.92 bits per heavy atom. The van der Waals surface area contributed by atoms with Gasteiger partial charge in [0.15, 0.2) is 5.96 Å². The Morgan fingerprint density at radius 1 is 1.08 bits per heavy atom. The van der Waals surface area contributed by atoms with E-state index in [-0.39, 0.29) is 24.0 Å². The van der Waals surface area contributed by atoms with Crippen molar-refractivity contribution in [2.75, 3.05) is 13.2 Å². The number of ether oxygens (including phenoxy) is 1. The molecule has 2 N–H and O–H groups in total. The number of pyridine rings is 2. The van der Waals surface area contributed by atoms with Crippen LogP contribution in [0.1, 0.15) is 25.1 Å². The Kier molecular flexibility index (Phi) is 9.74. The van der Waals surface area contributed by atoms with Gasteiger partial charge in [-0.05, 0) is 32.0 Å². The molecule has 0 unspecified atom stereocenters. The monoisotopic (exact) mass is 441 g/mol. The molecule has 0 radical (unpaired) electrons. The molecule has 6 nitrogen and oxygen atoms in total. The quantitative estimate of drug-likeness (QED) is 0.393. The molecule has 0 saturated carbocycles. The summed E-state index contributed by atoms with van der Waals surface area (Å²) in [6.07, 6.45) is 3.51. The second kappa shape index (κ2) is 11.6. The third-order valence-electron chi connectivity index (χ3n) is 3.05. The van der Waals surface area contributed by atoms with Gasteiger partial charge in [-0.15, -0.1) is 24.0 Å². The first-order chi connectivity index (χ1) is 11.3. The summed E-state index contributed by atoms with van der Waals surface area (Å²) >= 11 is 0. The van der Waals surface area contributed by atoms with Crippen LogP contribution in [0.5, 0.6) is 5.88 Å². The van der Waals surface area contributed by atoms with E-state index in [2.05, 4.69) is 25.6 Å². The SMILES string of the molecule is CCNC(=NCc1cccnc1OCC)NCc1ccccn1.I. The Bertz CT molecular complexity index is 621. The van der Waals surface area contributed by atoms with E-state index in [0.29, 0.717) is 25.6 Å². The molecule has 0 aromatic carbocycles. The third-order valence-corrected chi connectivity index (χ3v) is 3.05. The minimum atomic E-state index is 0. The average Bonchev–Trinajstić information content (AvgIpc) is 2.60. The van der Waals surface area contributed by atoms with Crippen molar-refractivity contribution in [3.63, 3.8) is 0 Å². The van der Waals surface area contributed by atoms with E-state index < -0.39 is 0 Å². The molecule has 2 aromatic heterocycles. The van der Waals surface area contributed by atoms with E-state index in [4.69, 9.17) is 4.74 Å². The van der Waals surface area contributed by atoms with Crippen LogP contribution >= 0.6 is 24.0 Å². The number of halogens is 1. The molecular formula is C17H24IN5O. The fourth-order valence-electron chi connectivity index (χ4n) is 1.99. The molecule has 0 aliphatic rings.